The minimum absolute atomic E-state index is 0.0175. The van der Waals surface area contributed by atoms with Gasteiger partial charge in [-0.1, -0.05) is 6.07 Å². The number of amides is 2. The number of hydrogen-bond acceptors (Lipinski definition) is 6. The highest BCUT2D eigenvalue weighted by molar-refractivity contribution is 5.82. The molecule has 1 saturated heterocycles. The SMILES string of the molecule is COCCC(=O)NC[C@H]1[C@H]2C[C@H](CN(C(=O)[C@@H](N)CO)C2)c2cccc(=O)n21. The molecule has 2 amide bonds. The number of pyridine rings is 1. The molecule has 3 heterocycles. The largest absolute Gasteiger partial charge is 0.394 e. The van der Waals surface area contributed by atoms with Crippen molar-refractivity contribution < 1.29 is 19.4 Å². The molecule has 154 valence electrons. The van der Waals surface area contributed by atoms with Gasteiger partial charge in [-0.3, -0.25) is 14.4 Å². The summed E-state index contributed by atoms with van der Waals surface area (Å²) < 4.78 is 6.69. The Balaban J connectivity index is 1.84. The van der Waals surface area contributed by atoms with Gasteiger partial charge < -0.3 is 30.4 Å². The number of ether oxygens (including phenoxy) is 1. The smallest absolute Gasteiger partial charge is 0.251 e. The highest BCUT2D eigenvalue weighted by Gasteiger charge is 2.42. The second kappa shape index (κ2) is 8.85. The number of likely N-dealkylation sites (tertiary alicyclic amines) is 1. The molecule has 0 aliphatic carbocycles. The lowest BCUT2D eigenvalue weighted by Gasteiger charge is -2.47. The second-order valence-corrected chi connectivity index (χ2v) is 7.50. The summed E-state index contributed by atoms with van der Waals surface area (Å²) in [6.07, 6.45) is 1.09. The monoisotopic (exact) mass is 392 g/mol. The highest BCUT2D eigenvalue weighted by atomic mass is 16.5. The van der Waals surface area contributed by atoms with Crippen LogP contribution >= 0.6 is 0 Å². The van der Waals surface area contributed by atoms with E-state index in [0.717, 1.165) is 12.1 Å². The van der Waals surface area contributed by atoms with Gasteiger partial charge >= 0.3 is 0 Å². The fourth-order valence-electron chi connectivity index (χ4n) is 4.30. The number of carbonyl (C=O) groups is 2. The fourth-order valence-corrected chi connectivity index (χ4v) is 4.30. The third-order valence-corrected chi connectivity index (χ3v) is 5.67. The van der Waals surface area contributed by atoms with Crippen molar-refractivity contribution in [2.45, 2.75) is 30.8 Å². The van der Waals surface area contributed by atoms with Crippen LogP contribution in [0.25, 0.3) is 0 Å². The molecule has 0 unspecified atom stereocenters. The summed E-state index contributed by atoms with van der Waals surface area (Å²) in [5.41, 5.74) is 6.50. The zero-order chi connectivity index (χ0) is 20.3. The van der Waals surface area contributed by atoms with Gasteiger partial charge in [-0.2, -0.15) is 0 Å². The van der Waals surface area contributed by atoms with Crippen molar-refractivity contribution in [2.24, 2.45) is 11.7 Å². The Hall–Kier alpha value is -2.23. The molecular formula is C19H28N4O5. The van der Waals surface area contributed by atoms with E-state index >= 15 is 0 Å². The summed E-state index contributed by atoms with van der Waals surface area (Å²) in [6, 6.07) is 3.97. The number of nitrogens with two attached hydrogens (primary N) is 1. The van der Waals surface area contributed by atoms with E-state index in [1.54, 1.807) is 15.5 Å². The Morgan fingerprint density at radius 2 is 2.18 bits per heavy atom. The Morgan fingerprint density at radius 3 is 2.89 bits per heavy atom. The van der Waals surface area contributed by atoms with E-state index in [1.807, 2.05) is 6.07 Å². The third kappa shape index (κ3) is 4.11. The molecule has 0 saturated carbocycles. The zero-order valence-electron chi connectivity index (χ0n) is 16.0. The van der Waals surface area contributed by atoms with Crippen LogP contribution in [0.3, 0.4) is 0 Å². The summed E-state index contributed by atoms with van der Waals surface area (Å²) >= 11 is 0. The predicted molar refractivity (Wildman–Crippen MR) is 102 cm³/mol. The standard InChI is InChI=1S/C19H28N4O5/c1-28-6-5-17(25)21-8-16-13-7-12(15-3-2-4-18(26)23(15)16)9-22(10-13)19(27)14(20)11-24/h2-4,12-14,16,24H,5-11,20H2,1H3,(H,21,25)/t12-,13+,14+,16+/m1/s1. The number of nitrogens with one attached hydrogen (secondary N) is 1. The third-order valence-electron chi connectivity index (χ3n) is 5.67. The minimum Gasteiger partial charge on any atom is -0.394 e. The van der Waals surface area contributed by atoms with Gasteiger partial charge in [0, 0.05) is 50.8 Å². The van der Waals surface area contributed by atoms with Crippen molar-refractivity contribution in [3.63, 3.8) is 0 Å². The van der Waals surface area contributed by atoms with Gasteiger partial charge in [0.15, 0.2) is 0 Å². The minimum atomic E-state index is -0.941. The van der Waals surface area contributed by atoms with Crippen molar-refractivity contribution in [2.75, 3.05) is 40.0 Å². The first-order valence-electron chi connectivity index (χ1n) is 9.58. The molecular weight excluding hydrogens is 364 g/mol. The summed E-state index contributed by atoms with van der Waals surface area (Å²) in [6.45, 7) is 1.16. The van der Waals surface area contributed by atoms with Gasteiger partial charge in [-0.15, -0.1) is 0 Å². The summed E-state index contributed by atoms with van der Waals surface area (Å²) in [4.78, 5) is 38.8. The van der Waals surface area contributed by atoms with Crippen molar-refractivity contribution in [1.82, 2.24) is 14.8 Å². The van der Waals surface area contributed by atoms with Crippen LogP contribution in [-0.4, -0.2) is 72.4 Å². The second-order valence-electron chi connectivity index (χ2n) is 7.50. The molecule has 2 aliphatic heterocycles. The molecule has 4 N–H and O–H groups in total. The van der Waals surface area contributed by atoms with Crippen molar-refractivity contribution in [3.05, 3.63) is 34.2 Å². The zero-order valence-corrected chi connectivity index (χ0v) is 16.0. The van der Waals surface area contributed by atoms with Crippen molar-refractivity contribution >= 4 is 11.8 Å². The molecule has 9 nitrogen and oxygen atoms in total. The molecule has 0 spiro atoms. The van der Waals surface area contributed by atoms with Gasteiger partial charge in [0.2, 0.25) is 11.8 Å². The van der Waals surface area contributed by atoms with E-state index in [2.05, 4.69) is 5.32 Å². The molecule has 1 fully saturated rings. The number of fused-ring (bicyclic) bond motifs is 4. The molecule has 4 atom stereocenters. The fraction of sp³-hybridized carbons (Fsp3) is 0.632. The predicted octanol–water partition coefficient (Wildman–Crippen LogP) is -1.19. The Kier molecular flexibility index (Phi) is 6.48. The van der Waals surface area contributed by atoms with Crippen molar-refractivity contribution in [3.8, 4) is 0 Å². The average Bonchev–Trinajstić information content (AvgIpc) is 2.71. The maximum Gasteiger partial charge on any atom is 0.251 e. The van der Waals surface area contributed by atoms with E-state index in [9.17, 15) is 19.5 Å². The molecule has 2 bridgehead atoms. The topological polar surface area (TPSA) is 127 Å². The molecule has 1 aromatic rings. The van der Waals surface area contributed by atoms with Gasteiger partial charge in [-0.25, -0.2) is 0 Å². The molecule has 1 aromatic heterocycles. The summed E-state index contributed by atoms with van der Waals surface area (Å²) in [7, 11) is 1.54. The summed E-state index contributed by atoms with van der Waals surface area (Å²) in [5, 5.41) is 12.1. The lowest BCUT2D eigenvalue weighted by atomic mass is 9.78. The van der Waals surface area contributed by atoms with Crippen LogP contribution in [-0.2, 0) is 14.3 Å². The number of aliphatic hydroxyl groups is 1. The molecule has 0 radical (unpaired) electrons. The first-order valence-corrected chi connectivity index (χ1v) is 9.58. The molecule has 28 heavy (non-hydrogen) atoms. The number of rotatable bonds is 7. The van der Waals surface area contributed by atoms with Crippen LogP contribution in [0, 0.1) is 5.92 Å². The van der Waals surface area contributed by atoms with Gasteiger partial charge in [0.25, 0.3) is 5.56 Å². The lowest BCUT2D eigenvalue weighted by molar-refractivity contribution is -0.136. The highest BCUT2D eigenvalue weighted by Crippen LogP contribution is 2.40. The van der Waals surface area contributed by atoms with Gasteiger partial charge in [0.05, 0.1) is 19.3 Å². The number of aliphatic hydroxyl groups excluding tert-OH is 1. The number of piperidine rings is 1. The lowest BCUT2D eigenvalue weighted by Crippen LogP contribution is -2.56. The van der Waals surface area contributed by atoms with Crippen LogP contribution in [0.1, 0.15) is 30.5 Å². The molecule has 3 rings (SSSR count). The summed E-state index contributed by atoms with van der Waals surface area (Å²) in [5.74, 6) is -0.376. The van der Waals surface area contributed by atoms with Crippen LogP contribution in [0.2, 0.25) is 0 Å². The van der Waals surface area contributed by atoms with Crippen molar-refractivity contribution in [1.29, 1.82) is 0 Å². The first-order chi connectivity index (χ1) is 13.5. The molecule has 0 aromatic carbocycles. The van der Waals surface area contributed by atoms with E-state index in [0.29, 0.717) is 26.2 Å². The Morgan fingerprint density at radius 1 is 1.39 bits per heavy atom. The maximum absolute atomic E-state index is 12.6. The van der Waals surface area contributed by atoms with E-state index in [1.165, 1.54) is 13.2 Å². The van der Waals surface area contributed by atoms with Gasteiger partial charge in [0.1, 0.15) is 6.04 Å². The van der Waals surface area contributed by atoms with E-state index < -0.39 is 12.6 Å². The van der Waals surface area contributed by atoms with Crippen LogP contribution in [0.15, 0.2) is 23.0 Å². The number of carbonyl (C=O) groups excluding carboxylic acids is 2. The molecule has 2 aliphatic rings. The maximum atomic E-state index is 12.6. The molecule has 9 heteroatoms. The average molecular weight is 392 g/mol. The Bertz CT molecular complexity index is 780. The van der Waals surface area contributed by atoms with E-state index in [4.69, 9.17) is 10.5 Å². The van der Waals surface area contributed by atoms with Crippen LogP contribution < -0.4 is 16.6 Å². The quantitative estimate of drug-likeness (QED) is 0.535. The number of methoxy groups -OCH3 is 1. The normalized spacial score (nSPS) is 24.4. The van der Waals surface area contributed by atoms with Crippen LogP contribution in [0.5, 0.6) is 0 Å². The number of nitrogens with zero attached hydrogens (tertiary/aromatic N) is 2. The number of aromatic nitrogens is 1. The van der Waals surface area contributed by atoms with Gasteiger partial charge in [-0.05, 0) is 18.4 Å². The van der Waals surface area contributed by atoms with E-state index in [-0.39, 0.29) is 41.7 Å². The van der Waals surface area contributed by atoms with Crippen LogP contribution in [0.4, 0.5) is 0 Å². The first kappa shape index (κ1) is 20.5. The number of hydrogen-bond donors (Lipinski definition) is 3. The Labute approximate surface area is 163 Å².